The predicted molar refractivity (Wildman–Crippen MR) is 67.2 cm³/mol. The zero-order valence-corrected chi connectivity index (χ0v) is 11.4. The highest BCUT2D eigenvalue weighted by molar-refractivity contribution is 9.10. The number of halogens is 4. The van der Waals surface area contributed by atoms with Crippen molar-refractivity contribution in [2.75, 3.05) is 0 Å². The number of oxazole rings is 1. The van der Waals surface area contributed by atoms with E-state index in [-0.39, 0.29) is 17.2 Å². The van der Waals surface area contributed by atoms with Gasteiger partial charge in [-0.05, 0) is 25.1 Å². The highest BCUT2D eigenvalue weighted by Gasteiger charge is 2.31. The van der Waals surface area contributed by atoms with Crippen LogP contribution in [-0.4, -0.2) is 4.98 Å². The number of rotatable bonds is 2. The Morgan fingerprint density at radius 2 is 2.05 bits per heavy atom. The second-order valence-electron chi connectivity index (χ2n) is 4.04. The lowest BCUT2D eigenvalue weighted by Crippen LogP contribution is -2.05. The van der Waals surface area contributed by atoms with E-state index in [4.69, 9.17) is 10.2 Å². The van der Waals surface area contributed by atoms with Gasteiger partial charge in [-0.2, -0.15) is 13.2 Å². The van der Waals surface area contributed by atoms with Crippen molar-refractivity contribution in [3.8, 4) is 11.3 Å². The molecule has 19 heavy (non-hydrogen) atoms. The molecule has 0 aliphatic carbocycles. The number of hydrogen-bond donors (Lipinski definition) is 1. The van der Waals surface area contributed by atoms with Crippen molar-refractivity contribution in [1.82, 2.24) is 4.98 Å². The number of nitrogens with two attached hydrogens (primary N) is 1. The van der Waals surface area contributed by atoms with Crippen molar-refractivity contribution in [3.63, 3.8) is 0 Å². The van der Waals surface area contributed by atoms with E-state index in [0.29, 0.717) is 4.47 Å². The molecular weight excluding hydrogens is 325 g/mol. The first-order valence-corrected chi connectivity index (χ1v) is 6.17. The Morgan fingerprint density at radius 3 is 2.58 bits per heavy atom. The second kappa shape index (κ2) is 4.97. The molecule has 0 saturated heterocycles. The zero-order chi connectivity index (χ0) is 14.2. The van der Waals surface area contributed by atoms with Crippen LogP contribution < -0.4 is 5.73 Å². The van der Waals surface area contributed by atoms with E-state index in [0.717, 1.165) is 12.1 Å². The number of benzene rings is 1. The predicted octanol–water partition coefficient (Wildman–Crippen LogP) is 4.14. The lowest BCUT2D eigenvalue weighted by molar-refractivity contribution is -0.137. The SMILES string of the molecule is CC(N)c1ncc(-c2cc(C(F)(F)F)ccc2Br)o1. The van der Waals surface area contributed by atoms with Crippen LogP contribution in [0.5, 0.6) is 0 Å². The maximum absolute atomic E-state index is 12.7. The fourth-order valence-corrected chi connectivity index (χ4v) is 1.96. The summed E-state index contributed by atoms with van der Waals surface area (Å²) < 4.78 is 43.8. The molecule has 0 bridgehead atoms. The molecule has 102 valence electrons. The number of aromatic nitrogens is 1. The lowest BCUT2D eigenvalue weighted by atomic mass is 10.1. The third-order valence-corrected chi connectivity index (χ3v) is 3.16. The minimum atomic E-state index is -4.40. The van der Waals surface area contributed by atoms with Gasteiger partial charge in [-0.25, -0.2) is 4.98 Å². The molecule has 0 aliphatic rings. The maximum atomic E-state index is 12.7. The van der Waals surface area contributed by atoms with Crippen molar-refractivity contribution in [2.45, 2.75) is 19.1 Å². The number of alkyl halides is 3. The third kappa shape index (κ3) is 2.98. The first kappa shape index (κ1) is 14.1. The summed E-state index contributed by atoms with van der Waals surface area (Å²) in [6, 6.07) is 2.91. The average Bonchev–Trinajstić information content (AvgIpc) is 2.77. The van der Waals surface area contributed by atoms with Crippen molar-refractivity contribution >= 4 is 15.9 Å². The molecule has 0 saturated carbocycles. The van der Waals surface area contributed by atoms with Crippen LogP contribution in [0.4, 0.5) is 13.2 Å². The Balaban J connectivity index is 2.48. The van der Waals surface area contributed by atoms with Gasteiger partial charge >= 0.3 is 6.18 Å². The van der Waals surface area contributed by atoms with Crippen LogP contribution in [0.2, 0.25) is 0 Å². The largest absolute Gasteiger partial charge is 0.439 e. The Morgan fingerprint density at radius 1 is 1.37 bits per heavy atom. The molecule has 7 heteroatoms. The molecule has 0 aliphatic heterocycles. The molecule has 0 spiro atoms. The van der Waals surface area contributed by atoms with Gasteiger partial charge in [-0.3, -0.25) is 0 Å². The van der Waals surface area contributed by atoms with Crippen molar-refractivity contribution in [2.24, 2.45) is 5.73 Å². The molecule has 2 aromatic rings. The fraction of sp³-hybridized carbons (Fsp3) is 0.250. The summed E-state index contributed by atoms with van der Waals surface area (Å²) in [6.45, 7) is 1.68. The topological polar surface area (TPSA) is 52.0 Å². The third-order valence-electron chi connectivity index (χ3n) is 2.47. The molecule has 1 aromatic heterocycles. The molecule has 1 atom stereocenters. The van der Waals surface area contributed by atoms with Crippen LogP contribution >= 0.6 is 15.9 Å². The molecule has 0 radical (unpaired) electrons. The molecule has 2 rings (SSSR count). The monoisotopic (exact) mass is 334 g/mol. The van der Waals surface area contributed by atoms with E-state index in [1.54, 1.807) is 6.92 Å². The van der Waals surface area contributed by atoms with E-state index in [1.807, 2.05) is 0 Å². The van der Waals surface area contributed by atoms with Crippen molar-refractivity contribution in [1.29, 1.82) is 0 Å². The first-order chi connectivity index (χ1) is 8.79. The van der Waals surface area contributed by atoms with Gasteiger partial charge in [0.2, 0.25) is 5.89 Å². The van der Waals surface area contributed by atoms with Crippen LogP contribution in [-0.2, 0) is 6.18 Å². The first-order valence-electron chi connectivity index (χ1n) is 5.37. The summed E-state index contributed by atoms with van der Waals surface area (Å²) in [5.41, 5.74) is 5.13. The van der Waals surface area contributed by atoms with Gasteiger partial charge in [0.25, 0.3) is 0 Å². The van der Waals surface area contributed by atoms with Crippen molar-refractivity contribution in [3.05, 3.63) is 40.3 Å². The minimum absolute atomic E-state index is 0.241. The number of hydrogen-bond acceptors (Lipinski definition) is 3. The molecule has 3 nitrogen and oxygen atoms in total. The minimum Gasteiger partial charge on any atom is -0.439 e. The molecule has 1 heterocycles. The van der Waals surface area contributed by atoms with Crippen LogP contribution in [0.15, 0.2) is 33.3 Å². The highest BCUT2D eigenvalue weighted by atomic mass is 79.9. The van der Waals surface area contributed by atoms with E-state index in [2.05, 4.69) is 20.9 Å². The Kier molecular flexibility index (Phi) is 3.69. The van der Waals surface area contributed by atoms with Gasteiger partial charge in [0.15, 0.2) is 5.76 Å². The van der Waals surface area contributed by atoms with Gasteiger partial charge in [-0.15, -0.1) is 0 Å². The van der Waals surface area contributed by atoms with Crippen LogP contribution in [0, 0.1) is 0 Å². The smallest absolute Gasteiger partial charge is 0.416 e. The summed E-state index contributed by atoms with van der Waals surface area (Å²) in [4.78, 5) is 3.93. The van der Waals surface area contributed by atoms with E-state index >= 15 is 0 Å². The molecule has 1 aromatic carbocycles. The van der Waals surface area contributed by atoms with Crippen LogP contribution in [0.3, 0.4) is 0 Å². The van der Waals surface area contributed by atoms with Gasteiger partial charge in [0, 0.05) is 10.0 Å². The van der Waals surface area contributed by atoms with E-state index in [1.165, 1.54) is 12.3 Å². The van der Waals surface area contributed by atoms with Gasteiger partial charge in [-0.1, -0.05) is 15.9 Å². The summed E-state index contributed by atoms with van der Waals surface area (Å²) >= 11 is 3.19. The van der Waals surface area contributed by atoms with Gasteiger partial charge < -0.3 is 10.2 Å². The second-order valence-corrected chi connectivity index (χ2v) is 4.90. The standard InChI is InChI=1S/C12H10BrF3N2O/c1-6(17)11-18-5-10(19-11)8-4-7(12(14,15)16)2-3-9(8)13/h2-6H,17H2,1H3. The Hall–Kier alpha value is -1.34. The molecule has 0 amide bonds. The van der Waals surface area contributed by atoms with Gasteiger partial charge in [0.05, 0.1) is 17.8 Å². The lowest BCUT2D eigenvalue weighted by Gasteiger charge is -2.09. The number of nitrogens with zero attached hydrogens (tertiary/aromatic N) is 1. The molecule has 0 fully saturated rings. The van der Waals surface area contributed by atoms with E-state index < -0.39 is 17.8 Å². The normalized spacial score (nSPS) is 13.6. The highest BCUT2D eigenvalue weighted by Crippen LogP contribution is 2.36. The summed E-state index contributed by atoms with van der Waals surface area (Å²) in [7, 11) is 0. The molecule has 2 N–H and O–H groups in total. The van der Waals surface area contributed by atoms with Crippen LogP contribution in [0.1, 0.15) is 24.4 Å². The quantitative estimate of drug-likeness (QED) is 0.897. The maximum Gasteiger partial charge on any atom is 0.416 e. The summed E-state index contributed by atoms with van der Waals surface area (Å²) in [6.07, 6.45) is -3.04. The van der Waals surface area contributed by atoms with Crippen LogP contribution in [0.25, 0.3) is 11.3 Å². The summed E-state index contributed by atoms with van der Waals surface area (Å²) in [5.74, 6) is 0.518. The Bertz CT molecular complexity index is 593. The fourth-order valence-electron chi connectivity index (χ4n) is 1.51. The van der Waals surface area contributed by atoms with E-state index in [9.17, 15) is 13.2 Å². The van der Waals surface area contributed by atoms with Crippen molar-refractivity contribution < 1.29 is 17.6 Å². The molecule has 1 unspecified atom stereocenters. The zero-order valence-electron chi connectivity index (χ0n) is 9.83. The molecular formula is C12H10BrF3N2O. The summed E-state index contributed by atoms with van der Waals surface area (Å²) in [5, 5.41) is 0. The average molecular weight is 335 g/mol. The van der Waals surface area contributed by atoms with Gasteiger partial charge in [0.1, 0.15) is 0 Å². The Labute approximate surface area is 115 Å².